The first-order valence-electron chi connectivity index (χ1n) is 8.22. The Bertz CT molecular complexity index is 675. The van der Waals surface area contributed by atoms with Crippen molar-refractivity contribution in [3.63, 3.8) is 0 Å². The third kappa shape index (κ3) is 4.25. The van der Waals surface area contributed by atoms with Gasteiger partial charge in [0.1, 0.15) is 17.6 Å². The van der Waals surface area contributed by atoms with Crippen LogP contribution in [-0.2, 0) is 11.2 Å². The van der Waals surface area contributed by atoms with Crippen molar-refractivity contribution in [3.8, 4) is 11.5 Å². The van der Waals surface area contributed by atoms with Gasteiger partial charge < -0.3 is 14.4 Å². The third-order valence-electron chi connectivity index (χ3n) is 4.17. The van der Waals surface area contributed by atoms with Crippen LogP contribution in [0, 0.1) is 0 Å². The van der Waals surface area contributed by atoms with E-state index in [9.17, 15) is 4.79 Å². The van der Waals surface area contributed by atoms with Gasteiger partial charge >= 0.3 is 0 Å². The van der Waals surface area contributed by atoms with Crippen LogP contribution < -0.4 is 9.47 Å². The standard InChI is InChI=1S/C19H22N2O3/c1-23-17-5-2-4-15(12-17)13-19(22)21-11-3-6-18(14-21)24-16-7-9-20-10-8-16/h2,4-5,7-10,12,18H,3,6,11,13-14H2,1H3. The summed E-state index contributed by atoms with van der Waals surface area (Å²) in [4.78, 5) is 18.5. The molecule has 1 unspecified atom stereocenters. The van der Waals surface area contributed by atoms with E-state index >= 15 is 0 Å². The molecule has 2 heterocycles. The number of hydrogen-bond acceptors (Lipinski definition) is 4. The number of likely N-dealkylation sites (tertiary alicyclic amines) is 1. The first kappa shape index (κ1) is 16.3. The Kier molecular flexibility index (Phi) is 5.31. The van der Waals surface area contributed by atoms with E-state index in [0.717, 1.165) is 36.4 Å². The summed E-state index contributed by atoms with van der Waals surface area (Å²) in [5.74, 6) is 1.71. The molecule has 2 aromatic rings. The van der Waals surface area contributed by atoms with E-state index in [1.807, 2.05) is 41.3 Å². The zero-order chi connectivity index (χ0) is 16.8. The van der Waals surface area contributed by atoms with Gasteiger partial charge in [-0.3, -0.25) is 9.78 Å². The smallest absolute Gasteiger partial charge is 0.227 e. The predicted molar refractivity (Wildman–Crippen MR) is 91.2 cm³/mol. The van der Waals surface area contributed by atoms with Crippen LogP contribution in [0.4, 0.5) is 0 Å². The average molecular weight is 326 g/mol. The molecule has 0 bridgehead atoms. The van der Waals surface area contributed by atoms with Crippen LogP contribution in [0.25, 0.3) is 0 Å². The Balaban J connectivity index is 1.58. The second kappa shape index (κ2) is 7.81. The fourth-order valence-corrected chi connectivity index (χ4v) is 2.94. The molecule has 0 spiro atoms. The maximum Gasteiger partial charge on any atom is 0.227 e. The monoisotopic (exact) mass is 326 g/mol. The number of hydrogen-bond donors (Lipinski definition) is 0. The molecule has 1 saturated heterocycles. The molecular weight excluding hydrogens is 304 g/mol. The lowest BCUT2D eigenvalue weighted by atomic mass is 10.1. The predicted octanol–water partition coefficient (Wildman–Crippen LogP) is 2.70. The lowest BCUT2D eigenvalue weighted by Crippen LogP contribution is -2.45. The summed E-state index contributed by atoms with van der Waals surface area (Å²) >= 11 is 0. The van der Waals surface area contributed by atoms with Crippen LogP contribution in [0.1, 0.15) is 18.4 Å². The van der Waals surface area contributed by atoms with Gasteiger partial charge in [-0.05, 0) is 42.7 Å². The van der Waals surface area contributed by atoms with Crippen LogP contribution in [0.5, 0.6) is 11.5 Å². The van der Waals surface area contributed by atoms with Gasteiger partial charge in [-0.25, -0.2) is 0 Å². The fraction of sp³-hybridized carbons (Fsp3) is 0.368. The molecule has 0 radical (unpaired) electrons. The minimum atomic E-state index is 0.0374. The van der Waals surface area contributed by atoms with E-state index in [-0.39, 0.29) is 12.0 Å². The zero-order valence-electron chi connectivity index (χ0n) is 13.9. The molecule has 1 aliphatic rings. The number of aromatic nitrogens is 1. The SMILES string of the molecule is COc1cccc(CC(=O)N2CCCC(Oc3ccncc3)C2)c1. The molecule has 1 aliphatic heterocycles. The number of carbonyl (C=O) groups is 1. The number of carbonyl (C=O) groups excluding carboxylic acids is 1. The van der Waals surface area contributed by atoms with E-state index in [4.69, 9.17) is 9.47 Å². The second-order valence-corrected chi connectivity index (χ2v) is 5.93. The Morgan fingerprint density at radius 2 is 2.08 bits per heavy atom. The summed E-state index contributed by atoms with van der Waals surface area (Å²) in [6, 6.07) is 11.3. The van der Waals surface area contributed by atoms with Crippen molar-refractivity contribution in [2.45, 2.75) is 25.4 Å². The van der Waals surface area contributed by atoms with Crippen molar-refractivity contribution in [2.75, 3.05) is 20.2 Å². The van der Waals surface area contributed by atoms with Gasteiger partial charge in [-0.1, -0.05) is 12.1 Å². The Hall–Kier alpha value is -2.56. The number of nitrogens with zero attached hydrogens (tertiary/aromatic N) is 2. The van der Waals surface area contributed by atoms with Crippen molar-refractivity contribution < 1.29 is 14.3 Å². The number of methoxy groups -OCH3 is 1. The van der Waals surface area contributed by atoms with Crippen LogP contribution in [0.15, 0.2) is 48.8 Å². The van der Waals surface area contributed by atoms with E-state index < -0.39 is 0 Å². The number of piperidine rings is 1. The first-order valence-corrected chi connectivity index (χ1v) is 8.22. The third-order valence-corrected chi connectivity index (χ3v) is 4.17. The van der Waals surface area contributed by atoms with Gasteiger partial charge in [0.05, 0.1) is 20.1 Å². The fourth-order valence-electron chi connectivity index (χ4n) is 2.94. The minimum absolute atomic E-state index is 0.0374. The first-order chi connectivity index (χ1) is 11.7. The number of rotatable bonds is 5. The Labute approximate surface area is 142 Å². The molecule has 0 N–H and O–H groups in total. The number of amides is 1. The normalized spacial score (nSPS) is 17.4. The van der Waals surface area contributed by atoms with Gasteiger partial charge in [0.25, 0.3) is 0 Å². The molecule has 3 rings (SSSR count). The molecule has 1 atom stereocenters. The van der Waals surface area contributed by atoms with E-state index in [0.29, 0.717) is 13.0 Å². The van der Waals surface area contributed by atoms with E-state index in [1.165, 1.54) is 0 Å². The highest BCUT2D eigenvalue weighted by Gasteiger charge is 2.25. The lowest BCUT2D eigenvalue weighted by molar-refractivity contribution is -0.133. The molecule has 1 fully saturated rings. The van der Waals surface area contributed by atoms with Crippen molar-refractivity contribution >= 4 is 5.91 Å². The maximum atomic E-state index is 12.6. The van der Waals surface area contributed by atoms with Gasteiger partial charge in [0.15, 0.2) is 0 Å². The van der Waals surface area contributed by atoms with Crippen molar-refractivity contribution in [1.82, 2.24) is 9.88 Å². The van der Waals surface area contributed by atoms with Gasteiger partial charge in [-0.15, -0.1) is 0 Å². The highest BCUT2D eigenvalue weighted by atomic mass is 16.5. The second-order valence-electron chi connectivity index (χ2n) is 5.93. The molecular formula is C19H22N2O3. The van der Waals surface area contributed by atoms with Gasteiger partial charge in [-0.2, -0.15) is 0 Å². The lowest BCUT2D eigenvalue weighted by Gasteiger charge is -2.33. The van der Waals surface area contributed by atoms with E-state index in [1.54, 1.807) is 19.5 Å². The van der Waals surface area contributed by atoms with Crippen LogP contribution in [-0.4, -0.2) is 42.1 Å². The topological polar surface area (TPSA) is 51.7 Å². The largest absolute Gasteiger partial charge is 0.497 e. The molecule has 1 aromatic heterocycles. The van der Waals surface area contributed by atoms with Gasteiger partial charge in [0, 0.05) is 18.9 Å². The number of pyridine rings is 1. The maximum absolute atomic E-state index is 12.6. The average Bonchev–Trinajstić information content (AvgIpc) is 2.63. The van der Waals surface area contributed by atoms with Gasteiger partial charge in [0.2, 0.25) is 5.91 Å². The zero-order valence-corrected chi connectivity index (χ0v) is 13.9. The molecule has 1 aromatic carbocycles. The molecule has 0 saturated carbocycles. The molecule has 24 heavy (non-hydrogen) atoms. The molecule has 5 heteroatoms. The Morgan fingerprint density at radius 1 is 1.25 bits per heavy atom. The van der Waals surface area contributed by atoms with Crippen LogP contribution >= 0.6 is 0 Å². The highest BCUT2D eigenvalue weighted by molar-refractivity contribution is 5.79. The summed E-state index contributed by atoms with van der Waals surface area (Å²) in [7, 11) is 1.63. The summed E-state index contributed by atoms with van der Waals surface area (Å²) in [6.45, 7) is 1.42. The summed E-state index contributed by atoms with van der Waals surface area (Å²) < 4.78 is 11.2. The Morgan fingerprint density at radius 3 is 2.88 bits per heavy atom. The van der Waals surface area contributed by atoms with Crippen LogP contribution in [0.2, 0.25) is 0 Å². The summed E-state index contributed by atoms with van der Waals surface area (Å²) in [5.41, 5.74) is 0.969. The molecule has 1 amide bonds. The molecule has 5 nitrogen and oxygen atoms in total. The molecule has 0 aliphatic carbocycles. The number of benzene rings is 1. The van der Waals surface area contributed by atoms with E-state index in [2.05, 4.69) is 4.98 Å². The number of ether oxygens (including phenoxy) is 2. The van der Waals surface area contributed by atoms with Crippen LogP contribution in [0.3, 0.4) is 0 Å². The van der Waals surface area contributed by atoms with Crippen molar-refractivity contribution in [3.05, 3.63) is 54.4 Å². The summed E-state index contributed by atoms with van der Waals surface area (Å²) in [5, 5.41) is 0. The minimum Gasteiger partial charge on any atom is -0.497 e. The quantitative estimate of drug-likeness (QED) is 0.848. The highest BCUT2D eigenvalue weighted by Crippen LogP contribution is 2.19. The van der Waals surface area contributed by atoms with Crippen molar-refractivity contribution in [2.24, 2.45) is 0 Å². The van der Waals surface area contributed by atoms with Crippen molar-refractivity contribution in [1.29, 1.82) is 0 Å². The summed E-state index contributed by atoms with van der Waals surface area (Å²) in [6.07, 6.45) is 5.77. The molecule has 126 valence electrons.